The SMILES string of the molecule is CC(OC(=O)CN1C(=O)NC(C)(C)C1=O)C(=O)c1c[nH]c2ccccc12. The third-order valence-electron chi connectivity index (χ3n) is 4.26. The molecule has 0 radical (unpaired) electrons. The van der Waals surface area contributed by atoms with Gasteiger partial charge in [0.25, 0.3) is 5.91 Å². The van der Waals surface area contributed by atoms with E-state index < -0.39 is 36.1 Å². The van der Waals surface area contributed by atoms with Gasteiger partial charge in [-0.3, -0.25) is 19.3 Å². The second-order valence-corrected chi connectivity index (χ2v) is 6.69. The molecule has 1 aromatic carbocycles. The molecule has 1 unspecified atom stereocenters. The Labute approximate surface area is 149 Å². The van der Waals surface area contributed by atoms with Crippen LogP contribution >= 0.6 is 0 Å². The fraction of sp³-hybridized carbons (Fsp3) is 0.333. The summed E-state index contributed by atoms with van der Waals surface area (Å²) in [5, 5.41) is 3.21. The van der Waals surface area contributed by atoms with Crippen molar-refractivity contribution in [3.8, 4) is 0 Å². The summed E-state index contributed by atoms with van der Waals surface area (Å²) in [7, 11) is 0. The van der Waals surface area contributed by atoms with Crippen molar-refractivity contribution in [3.05, 3.63) is 36.0 Å². The molecule has 1 aromatic heterocycles. The van der Waals surface area contributed by atoms with Crippen LogP contribution in [0.2, 0.25) is 0 Å². The first kappa shape index (κ1) is 17.7. The van der Waals surface area contributed by atoms with E-state index in [0.717, 1.165) is 15.8 Å². The third kappa shape index (κ3) is 3.05. The van der Waals surface area contributed by atoms with Gasteiger partial charge in [0.05, 0.1) is 0 Å². The molecule has 1 fully saturated rings. The van der Waals surface area contributed by atoms with Crippen molar-refractivity contribution < 1.29 is 23.9 Å². The molecule has 0 spiro atoms. The number of urea groups is 1. The molecule has 1 aliphatic heterocycles. The number of esters is 1. The highest BCUT2D eigenvalue weighted by Gasteiger charge is 2.45. The van der Waals surface area contributed by atoms with Crippen LogP contribution in [0.3, 0.4) is 0 Å². The van der Waals surface area contributed by atoms with Crippen LogP contribution in [-0.2, 0) is 14.3 Å². The van der Waals surface area contributed by atoms with Gasteiger partial charge in [-0.25, -0.2) is 4.79 Å². The number of ketones is 1. The van der Waals surface area contributed by atoms with Gasteiger partial charge in [0.1, 0.15) is 12.1 Å². The molecule has 0 bridgehead atoms. The summed E-state index contributed by atoms with van der Waals surface area (Å²) in [6.45, 7) is 4.00. The van der Waals surface area contributed by atoms with Crippen molar-refractivity contribution in [1.29, 1.82) is 0 Å². The number of ether oxygens (including phenoxy) is 1. The van der Waals surface area contributed by atoms with Crippen LogP contribution in [0.25, 0.3) is 10.9 Å². The van der Waals surface area contributed by atoms with Crippen LogP contribution in [0.5, 0.6) is 0 Å². The number of nitrogens with one attached hydrogen (secondary N) is 2. The standard InChI is InChI=1S/C18H19N3O5/c1-10(15(23)12-8-19-13-7-5-4-6-11(12)13)26-14(22)9-21-16(24)18(2,3)20-17(21)25/h4-8,10,19H,9H2,1-3H3,(H,20,25). The summed E-state index contributed by atoms with van der Waals surface area (Å²) in [6, 6.07) is 6.62. The average molecular weight is 357 g/mol. The summed E-state index contributed by atoms with van der Waals surface area (Å²) in [5.41, 5.74) is 0.149. The molecular weight excluding hydrogens is 338 g/mol. The number of aromatic amines is 1. The van der Waals surface area contributed by atoms with E-state index in [2.05, 4.69) is 10.3 Å². The van der Waals surface area contributed by atoms with Gasteiger partial charge in [-0.2, -0.15) is 0 Å². The van der Waals surface area contributed by atoms with E-state index in [-0.39, 0.29) is 5.78 Å². The highest BCUT2D eigenvalue weighted by Crippen LogP contribution is 2.20. The summed E-state index contributed by atoms with van der Waals surface area (Å²) in [5.74, 6) is -1.71. The summed E-state index contributed by atoms with van der Waals surface area (Å²) in [6.07, 6.45) is 0.521. The number of rotatable bonds is 5. The van der Waals surface area contributed by atoms with Gasteiger partial charge < -0.3 is 15.0 Å². The van der Waals surface area contributed by atoms with Crippen molar-refractivity contribution in [3.63, 3.8) is 0 Å². The van der Waals surface area contributed by atoms with Crippen LogP contribution in [-0.4, -0.2) is 51.8 Å². The number of hydrogen-bond donors (Lipinski definition) is 2. The predicted octanol–water partition coefficient (Wildman–Crippen LogP) is 1.61. The van der Waals surface area contributed by atoms with Gasteiger partial charge in [-0.1, -0.05) is 18.2 Å². The van der Waals surface area contributed by atoms with E-state index in [1.54, 1.807) is 26.1 Å². The number of aromatic nitrogens is 1. The van der Waals surface area contributed by atoms with Crippen LogP contribution in [0.4, 0.5) is 4.79 Å². The number of para-hydroxylation sites is 1. The minimum absolute atomic E-state index is 0.367. The highest BCUT2D eigenvalue weighted by molar-refractivity contribution is 6.11. The Morgan fingerprint density at radius 1 is 1.23 bits per heavy atom. The molecule has 1 saturated heterocycles. The summed E-state index contributed by atoms with van der Waals surface area (Å²) < 4.78 is 5.14. The number of fused-ring (bicyclic) bond motifs is 1. The Bertz CT molecular complexity index is 914. The molecule has 3 amide bonds. The lowest BCUT2D eigenvalue weighted by Crippen LogP contribution is -2.41. The first-order valence-electron chi connectivity index (χ1n) is 8.14. The average Bonchev–Trinajstić information content (AvgIpc) is 3.08. The minimum atomic E-state index is -1.07. The first-order chi connectivity index (χ1) is 12.2. The number of Topliss-reactive ketones (excluding diaryl/α,β-unsaturated/α-hetero) is 1. The minimum Gasteiger partial charge on any atom is -0.453 e. The van der Waals surface area contributed by atoms with E-state index in [9.17, 15) is 19.2 Å². The number of nitrogens with zero attached hydrogens (tertiary/aromatic N) is 1. The van der Waals surface area contributed by atoms with E-state index in [0.29, 0.717) is 5.56 Å². The van der Waals surface area contributed by atoms with Crippen molar-refractivity contribution in [2.24, 2.45) is 0 Å². The van der Waals surface area contributed by atoms with Crippen molar-refractivity contribution in [2.75, 3.05) is 6.54 Å². The third-order valence-corrected chi connectivity index (χ3v) is 4.26. The Hall–Kier alpha value is -3.16. The van der Waals surface area contributed by atoms with E-state index >= 15 is 0 Å². The van der Waals surface area contributed by atoms with Gasteiger partial charge in [-0.05, 0) is 26.8 Å². The molecule has 1 atom stereocenters. The van der Waals surface area contributed by atoms with Gasteiger partial charge >= 0.3 is 12.0 Å². The molecule has 136 valence electrons. The fourth-order valence-corrected chi connectivity index (χ4v) is 2.87. The number of H-pyrrole nitrogens is 1. The Balaban J connectivity index is 1.67. The van der Waals surface area contributed by atoms with Gasteiger partial charge in [-0.15, -0.1) is 0 Å². The second kappa shape index (κ2) is 6.29. The topological polar surface area (TPSA) is 109 Å². The monoisotopic (exact) mass is 357 g/mol. The lowest BCUT2D eigenvalue weighted by Gasteiger charge is -2.17. The maximum Gasteiger partial charge on any atom is 0.326 e. The molecule has 2 N–H and O–H groups in total. The number of carbonyl (C=O) groups excluding carboxylic acids is 4. The zero-order valence-corrected chi connectivity index (χ0v) is 14.7. The largest absolute Gasteiger partial charge is 0.453 e. The second-order valence-electron chi connectivity index (χ2n) is 6.69. The molecule has 3 rings (SSSR count). The number of amides is 3. The highest BCUT2D eigenvalue weighted by atomic mass is 16.5. The van der Waals surface area contributed by atoms with Crippen molar-refractivity contribution in [1.82, 2.24) is 15.2 Å². The van der Waals surface area contributed by atoms with Gasteiger partial charge in [0.2, 0.25) is 5.78 Å². The quantitative estimate of drug-likeness (QED) is 0.480. The maximum absolute atomic E-state index is 12.6. The molecule has 8 heteroatoms. The van der Waals surface area contributed by atoms with E-state index in [4.69, 9.17) is 4.74 Å². The number of benzene rings is 1. The zero-order valence-electron chi connectivity index (χ0n) is 14.7. The smallest absolute Gasteiger partial charge is 0.326 e. The Morgan fingerprint density at radius 2 is 1.92 bits per heavy atom. The van der Waals surface area contributed by atoms with Crippen LogP contribution in [0, 0.1) is 0 Å². The lowest BCUT2D eigenvalue weighted by molar-refractivity contribution is -0.149. The zero-order chi connectivity index (χ0) is 19.1. The molecular formula is C18H19N3O5. The lowest BCUT2D eigenvalue weighted by atomic mass is 10.1. The maximum atomic E-state index is 12.6. The Kier molecular flexibility index (Phi) is 4.27. The predicted molar refractivity (Wildman–Crippen MR) is 92.5 cm³/mol. The Morgan fingerprint density at radius 3 is 2.58 bits per heavy atom. The van der Waals surface area contributed by atoms with Crippen LogP contribution in [0.1, 0.15) is 31.1 Å². The number of hydrogen-bond acceptors (Lipinski definition) is 5. The molecule has 1 aliphatic rings. The number of carbonyl (C=O) groups is 4. The number of imide groups is 1. The van der Waals surface area contributed by atoms with Crippen LogP contribution in [0.15, 0.2) is 30.5 Å². The molecule has 26 heavy (non-hydrogen) atoms. The van der Waals surface area contributed by atoms with E-state index in [1.807, 2.05) is 18.2 Å². The summed E-state index contributed by atoms with van der Waals surface area (Å²) >= 11 is 0. The van der Waals surface area contributed by atoms with Gasteiger partial charge in [0.15, 0.2) is 6.10 Å². The molecule has 2 aromatic rings. The summed E-state index contributed by atoms with van der Waals surface area (Å²) in [4.78, 5) is 52.3. The van der Waals surface area contributed by atoms with Crippen LogP contribution < -0.4 is 5.32 Å². The van der Waals surface area contributed by atoms with E-state index in [1.165, 1.54) is 6.92 Å². The molecule has 8 nitrogen and oxygen atoms in total. The van der Waals surface area contributed by atoms with Crippen molar-refractivity contribution >= 4 is 34.6 Å². The fourth-order valence-electron chi connectivity index (χ4n) is 2.87. The molecule has 0 saturated carbocycles. The first-order valence-corrected chi connectivity index (χ1v) is 8.14. The molecule has 0 aliphatic carbocycles. The normalized spacial score (nSPS) is 17.3. The van der Waals surface area contributed by atoms with Crippen molar-refractivity contribution in [2.45, 2.75) is 32.4 Å². The van der Waals surface area contributed by atoms with Gasteiger partial charge in [0, 0.05) is 22.7 Å². The molecule has 2 heterocycles.